The van der Waals surface area contributed by atoms with E-state index < -0.39 is 5.60 Å². The third-order valence-electron chi connectivity index (χ3n) is 4.03. The van der Waals surface area contributed by atoms with Crippen molar-refractivity contribution in [3.63, 3.8) is 0 Å². The van der Waals surface area contributed by atoms with Gasteiger partial charge in [-0.3, -0.25) is 9.63 Å². The number of benzene rings is 1. The summed E-state index contributed by atoms with van der Waals surface area (Å²) in [4.78, 5) is 18.1. The second-order valence-electron chi connectivity index (χ2n) is 5.50. The summed E-state index contributed by atoms with van der Waals surface area (Å²) in [5.74, 6) is -0.418. The maximum Gasteiger partial charge on any atom is 0.278 e. The maximum atomic E-state index is 13.0. The predicted molar refractivity (Wildman–Crippen MR) is 70.1 cm³/mol. The van der Waals surface area contributed by atoms with Crippen LogP contribution in [0.2, 0.25) is 0 Å². The molecule has 2 atom stereocenters. The molecule has 3 rings (SSSR count). The van der Waals surface area contributed by atoms with Crippen LogP contribution in [0, 0.1) is 5.82 Å². The summed E-state index contributed by atoms with van der Waals surface area (Å²) in [6.07, 6.45) is 2.31. The Balaban J connectivity index is 1.81. The minimum atomic E-state index is -0.789. The van der Waals surface area contributed by atoms with Crippen LogP contribution in [-0.4, -0.2) is 29.8 Å². The van der Waals surface area contributed by atoms with Gasteiger partial charge in [-0.15, -0.1) is 0 Å². The third kappa shape index (κ3) is 2.31. The normalized spacial score (nSPS) is 29.9. The minimum Gasteiger partial charge on any atom is -0.365 e. The van der Waals surface area contributed by atoms with Gasteiger partial charge in [-0.05, 0) is 37.5 Å². The molecular weight excluding hydrogens is 261 g/mol. The quantitative estimate of drug-likeness (QED) is 0.835. The molecule has 4 nitrogen and oxygen atoms in total. The fourth-order valence-corrected chi connectivity index (χ4v) is 2.84. The molecule has 0 aliphatic carbocycles. The van der Waals surface area contributed by atoms with Crippen molar-refractivity contribution in [2.24, 2.45) is 0 Å². The van der Waals surface area contributed by atoms with Crippen LogP contribution in [0.3, 0.4) is 0 Å². The lowest BCUT2D eigenvalue weighted by atomic mass is 9.99. The van der Waals surface area contributed by atoms with Crippen molar-refractivity contribution in [3.8, 4) is 0 Å². The molecule has 0 aromatic heterocycles. The van der Waals surface area contributed by atoms with E-state index in [0.29, 0.717) is 26.1 Å². The molecule has 2 fully saturated rings. The van der Waals surface area contributed by atoms with E-state index in [2.05, 4.69) is 0 Å². The summed E-state index contributed by atoms with van der Waals surface area (Å²) in [6, 6.07) is 6.05. The SMILES string of the molecule is CC1(C(=O)N2OCC[C@H]2c2ccc(F)cc2)CCCO1. The highest BCUT2D eigenvalue weighted by Crippen LogP contribution is 2.36. The lowest BCUT2D eigenvalue weighted by Crippen LogP contribution is -2.45. The van der Waals surface area contributed by atoms with Gasteiger partial charge >= 0.3 is 0 Å². The van der Waals surface area contributed by atoms with Crippen LogP contribution >= 0.6 is 0 Å². The van der Waals surface area contributed by atoms with Crippen molar-refractivity contribution in [2.75, 3.05) is 13.2 Å². The van der Waals surface area contributed by atoms with Gasteiger partial charge in [0.15, 0.2) is 0 Å². The second-order valence-corrected chi connectivity index (χ2v) is 5.50. The Bertz CT molecular complexity index is 496. The zero-order chi connectivity index (χ0) is 14.2. The summed E-state index contributed by atoms with van der Waals surface area (Å²) >= 11 is 0. The van der Waals surface area contributed by atoms with E-state index in [1.54, 1.807) is 12.1 Å². The predicted octanol–water partition coefficient (Wildman–Crippen LogP) is 2.60. The standard InChI is InChI=1S/C15H18FNO3/c1-15(8-2-9-19-15)14(18)17-13(7-10-20-17)11-3-5-12(16)6-4-11/h3-6,13H,2,7-10H2,1H3/t13-,15?/m0/s1. The van der Waals surface area contributed by atoms with E-state index >= 15 is 0 Å². The van der Waals surface area contributed by atoms with Crippen molar-refractivity contribution in [1.82, 2.24) is 5.06 Å². The number of hydroxylamine groups is 2. The molecule has 1 amide bonds. The van der Waals surface area contributed by atoms with Crippen molar-refractivity contribution < 1.29 is 18.8 Å². The molecule has 2 saturated heterocycles. The van der Waals surface area contributed by atoms with E-state index in [4.69, 9.17) is 9.57 Å². The van der Waals surface area contributed by atoms with Gasteiger partial charge in [0.05, 0.1) is 12.6 Å². The summed E-state index contributed by atoms with van der Waals surface area (Å²) in [6.45, 7) is 2.91. The minimum absolute atomic E-state index is 0.137. The molecule has 0 bridgehead atoms. The van der Waals surface area contributed by atoms with Crippen molar-refractivity contribution >= 4 is 5.91 Å². The lowest BCUT2D eigenvalue weighted by molar-refractivity contribution is -0.196. The zero-order valence-electron chi connectivity index (χ0n) is 11.5. The van der Waals surface area contributed by atoms with Gasteiger partial charge in [0.25, 0.3) is 5.91 Å². The molecule has 0 N–H and O–H groups in total. The first-order valence-corrected chi connectivity index (χ1v) is 6.96. The average Bonchev–Trinajstić information content (AvgIpc) is 3.08. The van der Waals surface area contributed by atoms with E-state index in [0.717, 1.165) is 12.0 Å². The highest BCUT2D eigenvalue weighted by Gasteiger charge is 2.45. The van der Waals surface area contributed by atoms with Crippen LogP contribution in [-0.2, 0) is 14.4 Å². The highest BCUT2D eigenvalue weighted by atomic mass is 19.1. The van der Waals surface area contributed by atoms with Gasteiger partial charge < -0.3 is 4.74 Å². The third-order valence-corrected chi connectivity index (χ3v) is 4.03. The number of carbonyl (C=O) groups excluding carboxylic acids is 1. The molecule has 0 saturated carbocycles. The molecule has 0 radical (unpaired) electrons. The summed E-state index contributed by atoms with van der Waals surface area (Å²) < 4.78 is 18.6. The van der Waals surface area contributed by atoms with Crippen molar-refractivity contribution in [3.05, 3.63) is 35.6 Å². The molecule has 108 valence electrons. The van der Waals surface area contributed by atoms with Crippen LogP contribution in [0.1, 0.15) is 37.8 Å². The van der Waals surface area contributed by atoms with Crippen LogP contribution in [0.5, 0.6) is 0 Å². The van der Waals surface area contributed by atoms with Crippen molar-refractivity contribution in [1.29, 1.82) is 0 Å². The van der Waals surface area contributed by atoms with Crippen LogP contribution < -0.4 is 0 Å². The Morgan fingerprint density at radius 3 is 2.75 bits per heavy atom. The molecule has 1 aromatic carbocycles. The van der Waals surface area contributed by atoms with Crippen LogP contribution in [0.15, 0.2) is 24.3 Å². The maximum absolute atomic E-state index is 13.0. The van der Waals surface area contributed by atoms with Gasteiger partial charge in [-0.2, -0.15) is 0 Å². The van der Waals surface area contributed by atoms with E-state index in [9.17, 15) is 9.18 Å². The number of rotatable bonds is 2. The lowest BCUT2D eigenvalue weighted by Gasteiger charge is -2.30. The summed E-state index contributed by atoms with van der Waals surface area (Å²) in [7, 11) is 0. The first-order valence-electron chi connectivity index (χ1n) is 6.96. The van der Waals surface area contributed by atoms with Crippen molar-refractivity contribution in [2.45, 2.75) is 37.8 Å². The number of hydrogen-bond acceptors (Lipinski definition) is 3. The van der Waals surface area contributed by atoms with Gasteiger partial charge in [0.2, 0.25) is 0 Å². The molecular formula is C15H18FNO3. The molecule has 2 aliphatic heterocycles. The average molecular weight is 279 g/mol. The highest BCUT2D eigenvalue weighted by molar-refractivity contribution is 5.84. The molecule has 1 aromatic rings. The second kappa shape index (κ2) is 5.14. The summed E-state index contributed by atoms with van der Waals surface area (Å²) in [5, 5.41) is 1.42. The number of carbonyl (C=O) groups is 1. The van der Waals surface area contributed by atoms with E-state index in [-0.39, 0.29) is 17.8 Å². The van der Waals surface area contributed by atoms with Crippen LogP contribution in [0.4, 0.5) is 4.39 Å². The topological polar surface area (TPSA) is 38.8 Å². The van der Waals surface area contributed by atoms with Gasteiger partial charge in [0.1, 0.15) is 11.4 Å². The summed E-state index contributed by atoms with van der Waals surface area (Å²) in [5.41, 5.74) is 0.0988. The van der Waals surface area contributed by atoms with Crippen LogP contribution in [0.25, 0.3) is 0 Å². The van der Waals surface area contributed by atoms with Gasteiger partial charge in [-0.25, -0.2) is 9.45 Å². The Morgan fingerprint density at radius 1 is 1.35 bits per heavy atom. The van der Waals surface area contributed by atoms with Gasteiger partial charge in [-0.1, -0.05) is 12.1 Å². The Hall–Kier alpha value is -1.46. The van der Waals surface area contributed by atoms with E-state index in [1.165, 1.54) is 17.2 Å². The smallest absolute Gasteiger partial charge is 0.278 e. The fourth-order valence-electron chi connectivity index (χ4n) is 2.84. The number of ether oxygens (including phenoxy) is 1. The molecule has 0 spiro atoms. The Labute approximate surface area is 117 Å². The fraction of sp³-hybridized carbons (Fsp3) is 0.533. The Morgan fingerprint density at radius 2 is 2.10 bits per heavy atom. The molecule has 5 heteroatoms. The van der Waals surface area contributed by atoms with Gasteiger partial charge in [0, 0.05) is 13.0 Å². The largest absolute Gasteiger partial charge is 0.365 e. The molecule has 20 heavy (non-hydrogen) atoms. The molecule has 2 heterocycles. The zero-order valence-corrected chi connectivity index (χ0v) is 11.5. The first kappa shape index (κ1) is 13.5. The number of halogens is 1. The number of hydrogen-bond donors (Lipinski definition) is 0. The Kier molecular flexibility index (Phi) is 3.48. The monoisotopic (exact) mass is 279 g/mol. The molecule has 1 unspecified atom stereocenters. The first-order chi connectivity index (χ1) is 9.60. The number of amides is 1. The number of nitrogens with zero attached hydrogens (tertiary/aromatic N) is 1. The molecule has 2 aliphatic rings. The van der Waals surface area contributed by atoms with E-state index in [1.807, 2.05) is 6.92 Å².